The van der Waals surface area contributed by atoms with Crippen LogP contribution >= 0.6 is 0 Å². The third-order valence-electron chi connectivity index (χ3n) is 2.12. The van der Waals surface area contributed by atoms with E-state index in [2.05, 4.69) is 4.99 Å². The normalized spacial score (nSPS) is 15.1. The van der Waals surface area contributed by atoms with E-state index >= 15 is 0 Å². The molecule has 1 aliphatic heterocycles. The maximum Gasteiger partial charge on any atom is 0.127 e. The Morgan fingerprint density at radius 1 is 1.25 bits per heavy atom. The van der Waals surface area contributed by atoms with Crippen molar-refractivity contribution in [2.45, 2.75) is 13.3 Å². The van der Waals surface area contributed by atoms with Gasteiger partial charge in [0.15, 0.2) is 0 Å². The molecule has 0 saturated carbocycles. The molecule has 0 fully saturated rings. The summed E-state index contributed by atoms with van der Waals surface area (Å²) < 4.78 is 18.3. The van der Waals surface area contributed by atoms with Gasteiger partial charge < -0.3 is 4.74 Å². The Kier molecular flexibility index (Phi) is 3.15. The van der Waals surface area contributed by atoms with Crippen molar-refractivity contribution >= 4 is 6.21 Å². The fourth-order valence-corrected chi connectivity index (χ4v) is 1.38. The lowest BCUT2D eigenvalue weighted by Gasteiger charge is -2.05. The third kappa shape index (κ3) is 2.79. The third-order valence-corrected chi connectivity index (χ3v) is 2.12. The Labute approximate surface area is 93.8 Å². The summed E-state index contributed by atoms with van der Waals surface area (Å²) in [5.74, 6) is 1.09. The molecule has 0 aromatic heterocycles. The van der Waals surface area contributed by atoms with Crippen LogP contribution in [-0.4, -0.2) is 6.21 Å². The van der Waals surface area contributed by atoms with Gasteiger partial charge in [-0.25, -0.2) is 4.39 Å². The molecular formula is C13H12FNO. The number of nitrogens with zero attached hydrogens (tertiary/aromatic N) is 1. The van der Waals surface area contributed by atoms with Gasteiger partial charge in [-0.05, 0) is 37.3 Å². The lowest BCUT2D eigenvalue weighted by molar-refractivity contribution is 0.441. The van der Waals surface area contributed by atoms with Gasteiger partial charge in [0.1, 0.15) is 17.3 Å². The summed E-state index contributed by atoms with van der Waals surface area (Å²) >= 11 is 0. The van der Waals surface area contributed by atoms with Crippen LogP contribution in [-0.2, 0) is 0 Å². The van der Waals surface area contributed by atoms with Gasteiger partial charge in [0.2, 0.25) is 0 Å². The van der Waals surface area contributed by atoms with E-state index in [1.54, 1.807) is 12.1 Å². The maximum atomic E-state index is 12.7. The van der Waals surface area contributed by atoms with E-state index in [4.69, 9.17) is 4.74 Å². The van der Waals surface area contributed by atoms with E-state index in [9.17, 15) is 4.39 Å². The number of aliphatic imine (C=N–C) groups is 1. The molecule has 0 radical (unpaired) electrons. The first-order valence-corrected chi connectivity index (χ1v) is 5.08. The number of rotatable bonds is 2. The molecule has 0 atom stereocenters. The fourth-order valence-electron chi connectivity index (χ4n) is 1.38. The van der Waals surface area contributed by atoms with Crippen LogP contribution in [0, 0.1) is 5.82 Å². The molecule has 0 amide bonds. The fraction of sp³-hybridized carbons (Fsp3) is 0.154. The van der Waals surface area contributed by atoms with Gasteiger partial charge in [-0.2, -0.15) is 0 Å². The molecule has 1 aromatic rings. The van der Waals surface area contributed by atoms with Crippen molar-refractivity contribution in [2.24, 2.45) is 4.99 Å². The Morgan fingerprint density at radius 3 is 2.75 bits per heavy atom. The van der Waals surface area contributed by atoms with Crippen molar-refractivity contribution in [3.63, 3.8) is 0 Å². The summed E-state index contributed by atoms with van der Waals surface area (Å²) in [5.41, 5.74) is 0.894. The van der Waals surface area contributed by atoms with Crippen LogP contribution in [0.5, 0.6) is 5.75 Å². The van der Waals surface area contributed by atoms with Gasteiger partial charge in [0.25, 0.3) is 0 Å². The molecule has 1 aliphatic rings. The summed E-state index contributed by atoms with van der Waals surface area (Å²) in [6, 6.07) is 5.95. The lowest BCUT2D eigenvalue weighted by atomic mass is 10.3. The zero-order valence-corrected chi connectivity index (χ0v) is 8.98. The van der Waals surface area contributed by atoms with Gasteiger partial charge >= 0.3 is 0 Å². The van der Waals surface area contributed by atoms with Crippen LogP contribution in [0.2, 0.25) is 0 Å². The monoisotopic (exact) mass is 217 g/mol. The van der Waals surface area contributed by atoms with E-state index in [1.807, 2.05) is 25.3 Å². The summed E-state index contributed by atoms with van der Waals surface area (Å²) in [7, 11) is 0. The number of allylic oxidation sites excluding steroid dienone is 3. The summed E-state index contributed by atoms with van der Waals surface area (Å²) in [4.78, 5) is 4.17. The number of benzene rings is 1. The average molecular weight is 217 g/mol. The number of halogens is 1. The van der Waals surface area contributed by atoms with Gasteiger partial charge in [-0.15, -0.1) is 0 Å². The van der Waals surface area contributed by atoms with Gasteiger partial charge in [0.05, 0.1) is 0 Å². The first kappa shape index (κ1) is 10.6. The van der Waals surface area contributed by atoms with Gasteiger partial charge in [0, 0.05) is 24.4 Å². The van der Waals surface area contributed by atoms with Crippen LogP contribution in [0.4, 0.5) is 4.39 Å². The largest absolute Gasteiger partial charge is 0.458 e. The van der Waals surface area contributed by atoms with Crippen molar-refractivity contribution < 1.29 is 9.13 Å². The second kappa shape index (κ2) is 4.75. The predicted octanol–water partition coefficient (Wildman–Crippen LogP) is 3.47. The van der Waals surface area contributed by atoms with Crippen LogP contribution in [0.1, 0.15) is 13.3 Å². The molecule has 1 aromatic carbocycles. The zero-order valence-electron chi connectivity index (χ0n) is 8.98. The van der Waals surface area contributed by atoms with Gasteiger partial charge in [-0.3, -0.25) is 4.99 Å². The van der Waals surface area contributed by atoms with Crippen LogP contribution in [0.3, 0.4) is 0 Å². The molecule has 0 saturated heterocycles. The van der Waals surface area contributed by atoms with E-state index in [1.165, 1.54) is 12.1 Å². The minimum Gasteiger partial charge on any atom is -0.458 e. The molecule has 0 spiro atoms. The highest BCUT2D eigenvalue weighted by atomic mass is 19.1. The zero-order chi connectivity index (χ0) is 11.4. The molecular weight excluding hydrogens is 205 g/mol. The number of hydrogen-bond donors (Lipinski definition) is 0. The average Bonchev–Trinajstić information content (AvgIpc) is 2.46. The second-order valence-corrected chi connectivity index (χ2v) is 3.50. The quantitative estimate of drug-likeness (QED) is 0.743. The minimum absolute atomic E-state index is 0.266. The van der Waals surface area contributed by atoms with Crippen molar-refractivity contribution in [1.29, 1.82) is 0 Å². The van der Waals surface area contributed by atoms with E-state index in [0.717, 1.165) is 17.9 Å². The Morgan fingerprint density at radius 2 is 2.00 bits per heavy atom. The Hall–Kier alpha value is -1.90. The molecule has 82 valence electrons. The molecule has 1 heterocycles. The lowest BCUT2D eigenvalue weighted by Crippen LogP contribution is -1.92. The Bertz CT molecular complexity index is 457. The predicted molar refractivity (Wildman–Crippen MR) is 62.0 cm³/mol. The van der Waals surface area contributed by atoms with Crippen molar-refractivity contribution in [3.05, 3.63) is 53.7 Å². The van der Waals surface area contributed by atoms with E-state index in [-0.39, 0.29) is 5.82 Å². The first-order valence-electron chi connectivity index (χ1n) is 5.08. The SMILES string of the molecule is CC1=CC(Oc2ccc(F)cc2)=CCC=N1. The first-order chi connectivity index (χ1) is 7.74. The molecule has 3 heteroatoms. The molecule has 2 rings (SSSR count). The molecule has 2 nitrogen and oxygen atoms in total. The highest BCUT2D eigenvalue weighted by Gasteiger charge is 2.01. The molecule has 0 bridgehead atoms. The summed E-state index contributed by atoms with van der Waals surface area (Å²) in [6.45, 7) is 1.91. The van der Waals surface area contributed by atoms with Crippen molar-refractivity contribution in [3.8, 4) is 5.75 Å². The Balaban J connectivity index is 2.13. The van der Waals surface area contributed by atoms with E-state index < -0.39 is 0 Å². The molecule has 0 N–H and O–H groups in total. The van der Waals surface area contributed by atoms with Crippen molar-refractivity contribution in [1.82, 2.24) is 0 Å². The molecule has 0 aliphatic carbocycles. The second-order valence-electron chi connectivity index (χ2n) is 3.50. The summed E-state index contributed by atoms with van der Waals surface area (Å²) in [6.07, 6.45) is 6.35. The number of ether oxygens (including phenoxy) is 1. The molecule has 0 unspecified atom stereocenters. The van der Waals surface area contributed by atoms with E-state index in [0.29, 0.717) is 5.75 Å². The molecule has 16 heavy (non-hydrogen) atoms. The highest BCUT2D eigenvalue weighted by molar-refractivity contribution is 5.62. The smallest absolute Gasteiger partial charge is 0.127 e. The van der Waals surface area contributed by atoms with Crippen molar-refractivity contribution in [2.75, 3.05) is 0 Å². The van der Waals surface area contributed by atoms with Crippen LogP contribution in [0.15, 0.2) is 52.9 Å². The maximum absolute atomic E-state index is 12.7. The van der Waals surface area contributed by atoms with Gasteiger partial charge in [-0.1, -0.05) is 0 Å². The van der Waals surface area contributed by atoms with Crippen LogP contribution in [0.25, 0.3) is 0 Å². The topological polar surface area (TPSA) is 21.6 Å². The standard InChI is InChI=1S/C13H12FNO/c1-10-9-13(3-2-8-15-10)16-12-6-4-11(14)5-7-12/h3-9H,2H2,1H3. The minimum atomic E-state index is -0.266. The number of hydrogen-bond acceptors (Lipinski definition) is 2. The highest BCUT2D eigenvalue weighted by Crippen LogP contribution is 2.17. The summed E-state index contributed by atoms with van der Waals surface area (Å²) in [5, 5.41) is 0. The van der Waals surface area contributed by atoms with Crippen LogP contribution < -0.4 is 4.74 Å².